The summed E-state index contributed by atoms with van der Waals surface area (Å²) in [4.78, 5) is 27.4. The molecule has 6 heteroatoms. The van der Waals surface area contributed by atoms with Crippen LogP contribution in [0.3, 0.4) is 0 Å². The first-order valence-corrected chi connectivity index (χ1v) is 10.5. The van der Waals surface area contributed by atoms with Gasteiger partial charge in [-0.3, -0.25) is 9.59 Å². The van der Waals surface area contributed by atoms with E-state index in [1.807, 2.05) is 0 Å². The summed E-state index contributed by atoms with van der Waals surface area (Å²) in [5.41, 5.74) is 3.10. The van der Waals surface area contributed by atoms with Gasteiger partial charge in [0, 0.05) is 24.6 Å². The fraction of sp³-hybridized carbons (Fsp3) is 0.0769. The number of hydrogen-bond acceptors (Lipinski definition) is 2. The van der Waals surface area contributed by atoms with Gasteiger partial charge < -0.3 is 4.90 Å². The maximum Gasteiger partial charge on any atom is 0.262 e. The highest BCUT2D eigenvalue weighted by atomic mass is 35.5. The van der Waals surface area contributed by atoms with Crippen molar-refractivity contribution in [1.82, 2.24) is 0 Å². The molecule has 3 nitrogen and oxygen atoms in total. The van der Waals surface area contributed by atoms with Crippen LogP contribution in [-0.2, 0) is 11.2 Å². The SMILES string of the molecule is CN1C(=O)C(=Cc2ccc(Cl)c(Cl)c2)C(=O)c2cc(C#CCc3ccc(F)cc3)ccc21. The molecule has 3 aromatic rings. The van der Waals surface area contributed by atoms with Gasteiger partial charge in [-0.05, 0) is 59.7 Å². The summed E-state index contributed by atoms with van der Waals surface area (Å²) in [6.45, 7) is 0. The molecule has 0 saturated carbocycles. The minimum Gasteiger partial charge on any atom is -0.311 e. The van der Waals surface area contributed by atoms with E-state index in [4.69, 9.17) is 23.2 Å². The topological polar surface area (TPSA) is 37.4 Å². The molecule has 0 saturated heterocycles. The van der Waals surface area contributed by atoms with Crippen molar-refractivity contribution in [2.45, 2.75) is 6.42 Å². The smallest absolute Gasteiger partial charge is 0.262 e. The van der Waals surface area contributed by atoms with Crippen LogP contribution in [-0.4, -0.2) is 18.7 Å². The average Bonchev–Trinajstić information content (AvgIpc) is 2.79. The number of halogens is 3. The van der Waals surface area contributed by atoms with E-state index in [1.54, 1.807) is 55.6 Å². The van der Waals surface area contributed by atoms with Crippen molar-refractivity contribution in [2.75, 3.05) is 11.9 Å². The van der Waals surface area contributed by atoms with Crippen LogP contribution in [0, 0.1) is 17.7 Å². The van der Waals surface area contributed by atoms with Gasteiger partial charge in [0.2, 0.25) is 5.78 Å². The predicted octanol–water partition coefficient (Wildman–Crippen LogP) is 5.97. The molecule has 0 aromatic heterocycles. The molecule has 4 rings (SSSR count). The molecule has 1 aliphatic rings. The Bertz CT molecular complexity index is 1330. The van der Waals surface area contributed by atoms with E-state index in [-0.39, 0.29) is 17.2 Å². The first kappa shape index (κ1) is 21.8. The first-order chi connectivity index (χ1) is 15.3. The monoisotopic (exact) mass is 463 g/mol. The summed E-state index contributed by atoms with van der Waals surface area (Å²) in [6.07, 6.45) is 1.96. The molecular weight excluding hydrogens is 448 g/mol. The minimum atomic E-state index is -0.399. The quantitative estimate of drug-likeness (QED) is 0.266. The molecule has 0 bridgehead atoms. The number of ketones is 1. The molecular formula is C26H16Cl2FNO2. The molecule has 158 valence electrons. The summed E-state index contributed by atoms with van der Waals surface area (Å²) >= 11 is 12.0. The van der Waals surface area contributed by atoms with Crippen LogP contribution in [0.25, 0.3) is 6.08 Å². The Balaban J connectivity index is 1.65. The van der Waals surface area contributed by atoms with Gasteiger partial charge in [0.1, 0.15) is 5.82 Å². The van der Waals surface area contributed by atoms with Gasteiger partial charge >= 0.3 is 0 Å². The van der Waals surface area contributed by atoms with Crippen molar-refractivity contribution in [3.8, 4) is 11.8 Å². The Morgan fingerprint density at radius 2 is 1.72 bits per heavy atom. The number of carbonyl (C=O) groups excluding carboxylic acids is 2. The highest BCUT2D eigenvalue weighted by molar-refractivity contribution is 6.42. The number of rotatable bonds is 2. The fourth-order valence-corrected chi connectivity index (χ4v) is 3.67. The summed E-state index contributed by atoms with van der Waals surface area (Å²) in [5, 5.41) is 0.727. The second-order valence-corrected chi connectivity index (χ2v) is 8.08. The van der Waals surface area contributed by atoms with E-state index in [0.717, 1.165) is 5.56 Å². The number of likely N-dealkylation sites (N-methyl/N-ethyl adjacent to an activating group) is 1. The maximum atomic E-state index is 13.1. The van der Waals surface area contributed by atoms with Crippen LogP contribution in [0.5, 0.6) is 0 Å². The zero-order valence-electron chi connectivity index (χ0n) is 17.0. The molecule has 0 fully saturated rings. The van der Waals surface area contributed by atoms with Gasteiger partial charge in [0.05, 0.1) is 21.3 Å². The molecule has 1 aliphatic heterocycles. The number of amides is 1. The van der Waals surface area contributed by atoms with E-state index >= 15 is 0 Å². The van der Waals surface area contributed by atoms with Gasteiger partial charge in [-0.15, -0.1) is 0 Å². The fourth-order valence-electron chi connectivity index (χ4n) is 3.37. The number of fused-ring (bicyclic) bond motifs is 1. The predicted molar refractivity (Wildman–Crippen MR) is 126 cm³/mol. The van der Waals surface area contributed by atoms with Gasteiger partial charge in [0.25, 0.3) is 5.91 Å². The molecule has 0 radical (unpaired) electrons. The van der Waals surface area contributed by atoms with Gasteiger partial charge in [-0.25, -0.2) is 4.39 Å². The molecule has 0 atom stereocenters. The van der Waals surface area contributed by atoms with Crippen LogP contribution in [0.4, 0.5) is 10.1 Å². The van der Waals surface area contributed by atoms with Gasteiger partial charge in [-0.1, -0.05) is 53.2 Å². The lowest BCUT2D eigenvalue weighted by Gasteiger charge is -2.26. The van der Waals surface area contributed by atoms with Crippen molar-refractivity contribution < 1.29 is 14.0 Å². The Kier molecular flexibility index (Phi) is 6.14. The van der Waals surface area contributed by atoms with Crippen molar-refractivity contribution in [2.24, 2.45) is 0 Å². The number of anilines is 1. The maximum absolute atomic E-state index is 13.1. The summed E-state index contributed by atoms with van der Waals surface area (Å²) in [5.74, 6) is 5.00. The van der Waals surface area contributed by atoms with Gasteiger partial charge in [0.15, 0.2) is 0 Å². The third kappa shape index (κ3) is 4.45. The van der Waals surface area contributed by atoms with E-state index in [2.05, 4.69) is 11.8 Å². The molecule has 0 N–H and O–H groups in total. The molecule has 1 amide bonds. The molecule has 3 aromatic carbocycles. The van der Waals surface area contributed by atoms with Crippen molar-refractivity contribution in [1.29, 1.82) is 0 Å². The molecule has 0 aliphatic carbocycles. The third-order valence-electron chi connectivity index (χ3n) is 5.08. The first-order valence-electron chi connectivity index (χ1n) is 9.70. The number of nitrogens with zero attached hydrogens (tertiary/aromatic N) is 1. The molecule has 0 unspecified atom stereocenters. The minimum absolute atomic E-state index is 0.0369. The number of carbonyl (C=O) groups is 2. The summed E-state index contributed by atoms with van der Waals surface area (Å²) in [7, 11) is 1.62. The largest absolute Gasteiger partial charge is 0.311 e. The highest BCUT2D eigenvalue weighted by Gasteiger charge is 2.32. The van der Waals surface area contributed by atoms with Crippen LogP contribution in [0.1, 0.15) is 27.0 Å². The van der Waals surface area contributed by atoms with E-state index < -0.39 is 5.91 Å². The van der Waals surface area contributed by atoms with E-state index in [1.165, 1.54) is 23.1 Å². The lowest BCUT2D eigenvalue weighted by atomic mass is 9.92. The zero-order chi connectivity index (χ0) is 22.8. The second kappa shape index (κ2) is 9.00. The number of benzene rings is 3. The molecule has 32 heavy (non-hydrogen) atoms. The van der Waals surface area contributed by atoms with Crippen LogP contribution >= 0.6 is 23.2 Å². The third-order valence-corrected chi connectivity index (χ3v) is 5.81. The summed E-state index contributed by atoms with van der Waals surface area (Å²) < 4.78 is 13.0. The van der Waals surface area contributed by atoms with Crippen LogP contribution in [0.15, 0.2) is 66.2 Å². The van der Waals surface area contributed by atoms with Crippen LogP contribution < -0.4 is 4.90 Å². The van der Waals surface area contributed by atoms with Crippen molar-refractivity contribution in [3.63, 3.8) is 0 Å². The lowest BCUT2D eigenvalue weighted by molar-refractivity contribution is -0.114. The number of Topliss-reactive ketones (excluding diaryl/α,β-unsaturated/α-hetero) is 1. The average molecular weight is 464 g/mol. The van der Waals surface area contributed by atoms with Crippen LogP contribution in [0.2, 0.25) is 10.0 Å². The van der Waals surface area contributed by atoms with E-state index in [0.29, 0.717) is 38.8 Å². The van der Waals surface area contributed by atoms with Gasteiger partial charge in [-0.2, -0.15) is 0 Å². The van der Waals surface area contributed by atoms with E-state index in [9.17, 15) is 14.0 Å². The summed E-state index contributed by atoms with van der Waals surface area (Å²) in [6, 6.07) is 16.2. The number of hydrogen-bond donors (Lipinski definition) is 0. The lowest BCUT2D eigenvalue weighted by Crippen LogP contribution is -2.36. The Hall–Kier alpha value is -3.39. The Labute approximate surface area is 195 Å². The molecule has 0 spiro atoms. The van der Waals surface area contributed by atoms with Crippen molar-refractivity contribution >= 4 is 46.7 Å². The molecule has 1 heterocycles. The van der Waals surface area contributed by atoms with Crippen molar-refractivity contribution in [3.05, 3.63) is 104 Å². The Morgan fingerprint density at radius 1 is 0.969 bits per heavy atom. The normalized spacial score (nSPS) is 14.2. The second-order valence-electron chi connectivity index (χ2n) is 7.26. The highest BCUT2D eigenvalue weighted by Crippen LogP contribution is 2.32. The standard InChI is InChI=1S/C26H16Cl2FNO2/c1-30-24-12-8-17(4-2-3-16-5-9-19(29)10-6-16)13-20(24)25(31)21(26(30)32)14-18-7-11-22(27)23(28)15-18/h5-15H,3H2,1H3. The Morgan fingerprint density at radius 3 is 2.44 bits per heavy atom. The zero-order valence-corrected chi connectivity index (χ0v) is 18.5.